The molecule has 2 fully saturated rings. The zero-order chi connectivity index (χ0) is 79.6. The standard InChI is InChI=1S/C81H98N16O14/c1-46(82-9)70(98)88-68(80(3,4)5)76(104)94-34-32-64-66(94)74(102)84-60(40-50-20-26-52-16-12-14-18-54(52)36-50)72(100)86-62(78(106)107)38-48-22-28-58(29-23-48)110-44-56-42-97(93-90-56)65-33-35-95(77(105)69(81(6,7)8)89-71(99)47(2)83-10)67(65)75(103)85-61(41-51-21-27-53-17-13-15-19-55(53)37-51)73(101)87-63(79(108)109-11)39-49-24-30-59(31-25-49)111-45-57-43-96(64)92-91-57/h12-31,36-37,42-43,46-47,60-69,82-83H,32-35,38-41,44-45H2,1-11H3,(H,84,102)(H,85,103)(H,86,100)(H,87,101)(H,88,98)(H,89,99)(H,106,107). The van der Waals surface area contributed by atoms with Crippen molar-refractivity contribution in [3.8, 4) is 11.5 Å². The highest BCUT2D eigenvalue weighted by molar-refractivity contribution is 5.99. The molecule has 0 aliphatic carbocycles. The van der Waals surface area contributed by atoms with Crippen LogP contribution in [0.5, 0.6) is 11.5 Å². The van der Waals surface area contributed by atoms with Crippen LogP contribution < -0.4 is 52.0 Å². The Bertz CT molecular complexity index is 4730. The molecule has 30 heteroatoms. The number of aliphatic carboxylic acids is 1. The van der Waals surface area contributed by atoms with Gasteiger partial charge in [0, 0.05) is 38.8 Å². The highest BCUT2D eigenvalue weighted by Gasteiger charge is 2.51. The molecule has 6 aromatic carbocycles. The topological polar surface area (TPSA) is 383 Å². The van der Waals surface area contributed by atoms with Crippen molar-refractivity contribution in [1.82, 2.24) is 82.3 Å². The number of amides is 8. The van der Waals surface area contributed by atoms with Crippen LogP contribution in [0.15, 0.2) is 146 Å². The molecular weight excluding hydrogens is 1420 g/mol. The fourth-order valence-electron chi connectivity index (χ4n) is 14.2. The van der Waals surface area contributed by atoms with Crippen LogP contribution in [0.3, 0.4) is 0 Å². The molecule has 12 unspecified atom stereocenters. The summed E-state index contributed by atoms with van der Waals surface area (Å²) in [6, 6.07) is 25.8. The second kappa shape index (κ2) is 34.9. The van der Waals surface area contributed by atoms with E-state index < -0.39 is 143 Å². The first kappa shape index (κ1) is 80.4. The van der Waals surface area contributed by atoms with Gasteiger partial charge >= 0.3 is 11.9 Å². The Morgan fingerprint density at radius 1 is 0.532 bits per heavy atom. The summed E-state index contributed by atoms with van der Waals surface area (Å²) in [4.78, 5) is 149. The maximum absolute atomic E-state index is 15.6. The van der Waals surface area contributed by atoms with Gasteiger partial charge < -0.3 is 71.7 Å². The molecule has 586 valence electrons. The van der Waals surface area contributed by atoms with Gasteiger partial charge in [-0.15, -0.1) is 10.2 Å². The predicted molar refractivity (Wildman–Crippen MR) is 410 cm³/mol. The SMILES string of the molecule is CNC(C)C(=O)NC(C(=O)N1CCC2C1C(=O)NC(Cc1ccc3ccccc3c1)C(=O)NC(C(=O)O)Cc1ccc(cc1)OCc1cn(nn1)C1CCN(C(=O)C(NC(=O)C(C)NC)C(C)(C)C)C1C(=O)NC(Cc1ccc3ccccc3c1)C(=O)NC(C(=O)OC)Cc1ccc(cc1)OCc1cn2nn1)C(C)(C)C. The molecule has 12 atom stereocenters. The summed E-state index contributed by atoms with van der Waals surface area (Å²) < 4.78 is 20.7. The average molecular weight is 1520 g/mol. The minimum atomic E-state index is -1.53. The van der Waals surface area contributed by atoms with E-state index in [1.165, 1.54) is 26.3 Å². The van der Waals surface area contributed by atoms with Crippen molar-refractivity contribution in [2.45, 2.75) is 180 Å². The third-order valence-electron chi connectivity index (χ3n) is 20.8. The first-order valence-corrected chi connectivity index (χ1v) is 37.3. The van der Waals surface area contributed by atoms with Crippen molar-refractivity contribution in [3.05, 3.63) is 179 Å². The van der Waals surface area contributed by atoms with E-state index in [-0.39, 0.29) is 64.8 Å². The summed E-state index contributed by atoms with van der Waals surface area (Å²) in [6.07, 6.45) is 2.99. The van der Waals surface area contributed by atoms with Crippen LogP contribution in [0.25, 0.3) is 21.5 Å². The second-order valence-electron chi connectivity index (χ2n) is 30.8. The summed E-state index contributed by atoms with van der Waals surface area (Å²) in [5, 5.41) is 55.3. The molecule has 8 aromatic rings. The lowest BCUT2D eigenvalue weighted by molar-refractivity contribution is -0.146. The number of esters is 1. The van der Waals surface area contributed by atoms with Gasteiger partial charge in [-0.2, -0.15) is 0 Å². The molecule has 14 rings (SSSR count). The third-order valence-corrected chi connectivity index (χ3v) is 20.8. The van der Waals surface area contributed by atoms with Gasteiger partial charge in [-0.3, -0.25) is 38.4 Å². The molecule has 8 heterocycles. The van der Waals surface area contributed by atoms with Crippen molar-refractivity contribution in [3.63, 3.8) is 0 Å². The molecule has 8 amide bonds. The fraction of sp³-hybridized carbons (Fsp3) is 0.432. The Kier molecular flexibility index (Phi) is 25.3. The van der Waals surface area contributed by atoms with Crippen LogP contribution in [0.4, 0.5) is 0 Å². The Hall–Kier alpha value is -11.7. The van der Waals surface area contributed by atoms with Gasteiger partial charge in [0.1, 0.15) is 84.4 Å². The lowest BCUT2D eigenvalue weighted by Gasteiger charge is -2.37. The van der Waals surface area contributed by atoms with Crippen LogP contribution in [-0.2, 0) is 91.6 Å². The van der Waals surface area contributed by atoms with Gasteiger partial charge in [0.15, 0.2) is 0 Å². The molecular formula is C81H98N16O14. The molecule has 0 radical (unpaired) electrons. The van der Waals surface area contributed by atoms with Crippen LogP contribution in [0.1, 0.15) is 114 Å². The number of carbonyl (C=O) groups excluding carboxylic acids is 9. The quantitative estimate of drug-likeness (QED) is 0.0682. The number of fused-ring (bicyclic) bond motifs is 2. The van der Waals surface area contributed by atoms with Crippen molar-refractivity contribution in [2.75, 3.05) is 34.3 Å². The monoisotopic (exact) mass is 1520 g/mol. The van der Waals surface area contributed by atoms with E-state index in [1.807, 2.05) is 84.9 Å². The summed E-state index contributed by atoms with van der Waals surface area (Å²) in [7, 11) is 4.43. The number of benzene rings is 6. The number of methoxy groups -OCH3 is 1. The first-order chi connectivity index (χ1) is 53.0. The summed E-state index contributed by atoms with van der Waals surface area (Å²) in [6.45, 7) is 13.8. The van der Waals surface area contributed by atoms with E-state index in [2.05, 4.69) is 63.2 Å². The fourth-order valence-corrected chi connectivity index (χ4v) is 14.2. The molecule has 30 nitrogen and oxygen atoms in total. The molecule has 8 bridgehead atoms. The molecule has 0 spiro atoms. The van der Waals surface area contributed by atoms with Gasteiger partial charge in [-0.05, 0) is 120 Å². The number of carbonyl (C=O) groups is 10. The van der Waals surface area contributed by atoms with Crippen molar-refractivity contribution in [1.29, 1.82) is 0 Å². The lowest BCUT2D eigenvalue weighted by atomic mass is 9.85. The minimum absolute atomic E-state index is 0.00320. The number of ether oxygens (including phenoxy) is 3. The van der Waals surface area contributed by atoms with Gasteiger partial charge in [0.2, 0.25) is 47.3 Å². The second-order valence-corrected chi connectivity index (χ2v) is 30.8. The largest absolute Gasteiger partial charge is 0.487 e. The summed E-state index contributed by atoms with van der Waals surface area (Å²) >= 11 is 0. The number of carboxylic acid groups (broad SMARTS) is 1. The van der Waals surface area contributed by atoms with E-state index in [9.17, 15) is 24.3 Å². The number of nitrogens with one attached hydrogen (secondary N) is 8. The van der Waals surface area contributed by atoms with Gasteiger partial charge in [-0.25, -0.2) is 19.0 Å². The minimum Gasteiger partial charge on any atom is -0.487 e. The Labute approximate surface area is 643 Å². The number of hydrogen-bond donors (Lipinski definition) is 9. The Balaban J connectivity index is 0.947. The van der Waals surface area contributed by atoms with Crippen molar-refractivity contribution < 1.29 is 67.3 Å². The zero-order valence-electron chi connectivity index (χ0n) is 64.2. The number of hydrogen-bond acceptors (Lipinski definition) is 19. The highest BCUT2D eigenvalue weighted by Crippen LogP contribution is 2.35. The van der Waals surface area contributed by atoms with Gasteiger partial charge in [-0.1, -0.05) is 161 Å². The van der Waals surface area contributed by atoms with Crippen molar-refractivity contribution in [2.24, 2.45) is 10.8 Å². The summed E-state index contributed by atoms with van der Waals surface area (Å²) in [5.74, 6) is -6.60. The van der Waals surface area contributed by atoms with E-state index in [1.54, 1.807) is 130 Å². The molecule has 9 N–H and O–H groups in total. The Morgan fingerprint density at radius 3 is 1.30 bits per heavy atom. The normalized spacial score (nSPS) is 21.5. The first-order valence-electron chi connectivity index (χ1n) is 37.3. The molecule has 6 aliphatic rings. The zero-order valence-corrected chi connectivity index (χ0v) is 64.2. The molecule has 2 aromatic heterocycles. The number of carboxylic acids is 1. The summed E-state index contributed by atoms with van der Waals surface area (Å²) in [5.41, 5.74) is 1.20. The predicted octanol–water partition coefficient (Wildman–Crippen LogP) is 4.38. The van der Waals surface area contributed by atoms with Crippen LogP contribution in [-0.4, -0.2) is 199 Å². The van der Waals surface area contributed by atoms with Gasteiger partial charge in [0.05, 0.1) is 43.7 Å². The molecule has 6 aliphatic heterocycles. The lowest BCUT2D eigenvalue weighted by Crippen LogP contribution is -2.61. The average Bonchev–Trinajstić information content (AvgIpc) is 1.64. The maximum Gasteiger partial charge on any atom is 0.328 e. The van der Waals surface area contributed by atoms with E-state index in [0.717, 1.165) is 21.5 Å². The molecule has 111 heavy (non-hydrogen) atoms. The van der Waals surface area contributed by atoms with Crippen LogP contribution in [0, 0.1) is 10.8 Å². The third kappa shape index (κ3) is 19.5. The van der Waals surface area contributed by atoms with Crippen LogP contribution in [0.2, 0.25) is 0 Å². The number of rotatable bonds is 14. The number of likely N-dealkylation sites (N-methyl/N-ethyl adjacent to an activating group) is 2. The van der Waals surface area contributed by atoms with Crippen molar-refractivity contribution >= 4 is 80.7 Å². The Morgan fingerprint density at radius 2 is 0.919 bits per heavy atom. The number of nitrogens with zero attached hydrogens (tertiary/aromatic N) is 8. The highest BCUT2D eigenvalue weighted by atomic mass is 16.5. The number of likely N-dealkylation sites (tertiary alicyclic amines) is 2. The van der Waals surface area contributed by atoms with E-state index in [0.29, 0.717) is 45.1 Å². The van der Waals surface area contributed by atoms with E-state index in [4.69, 9.17) is 14.2 Å². The smallest absolute Gasteiger partial charge is 0.328 e. The molecule has 2 saturated heterocycles. The number of aromatic nitrogens is 6. The van der Waals surface area contributed by atoms with Gasteiger partial charge in [0.25, 0.3) is 0 Å². The van der Waals surface area contributed by atoms with E-state index >= 15 is 28.8 Å². The van der Waals surface area contributed by atoms with Crippen LogP contribution >= 0.6 is 0 Å². The molecule has 0 saturated carbocycles. The maximum atomic E-state index is 15.6.